The Hall–Kier alpha value is -6.73. The average Bonchev–Trinajstić information content (AvgIpc) is 3.89. The van der Waals surface area contributed by atoms with Crippen LogP contribution in [-0.2, 0) is 36.5 Å². The van der Waals surface area contributed by atoms with Crippen LogP contribution in [0.4, 0.5) is 28.2 Å². The van der Waals surface area contributed by atoms with Crippen LogP contribution >= 0.6 is 0 Å². The number of amides is 5. The number of fused-ring (bicyclic) bond motifs is 3. The van der Waals surface area contributed by atoms with Crippen molar-refractivity contribution in [2.24, 2.45) is 24.6 Å². The van der Waals surface area contributed by atoms with E-state index in [-0.39, 0.29) is 99.2 Å². The van der Waals surface area contributed by atoms with E-state index in [1.807, 2.05) is 42.2 Å². The number of ether oxygens (including phenoxy) is 3. The molecule has 19 heteroatoms. The van der Waals surface area contributed by atoms with Crippen LogP contribution in [0.25, 0.3) is 16.5 Å². The van der Waals surface area contributed by atoms with Crippen LogP contribution in [0.15, 0.2) is 72.1 Å². The van der Waals surface area contributed by atoms with E-state index in [0.29, 0.717) is 57.0 Å². The van der Waals surface area contributed by atoms with Gasteiger partial charge in [0, 0.05) is 98.8 Å². The van der Waals surface area contributed by atoms with Crippen molar-refractivity contribution in [3.63, 3.8) is 0 Å². The summed E-state index contributed by atoms with van der Waals surface area (Å²) in [4.78, 5) is 56.9. The van der Waals surface area contributed by atoms with Crippen LogP contribution in [0.5, 0.6) is 5.75 Å². The molecule has 0 unspecified atom stereocenters. The molecule has 15 nitrogen and oxygen atoms in total. The number of nitrogens with one attached hydrogen (secondary N) is 2. The summed E-state index contributed by atoms with van der Waals surface area (Å²) in [5.74, 6) is -4.07. The number of allylic oxidation sites excluding steroid dienone is 2. The van der Waals surface area contributed by atoms with Crippen LogP contribution in [-0.4, -0.2) is 101 Å². The Morgan fingerprint density at radius 3 is 2.35 bits per heavy atom. The van der Waals surface area contributed by atoms with Crippen LogP contribution in [0.1, 0.15) is 111 Å². The normalized spacial score (nSPS) is 25.7. The van der Waals surface area contributed by atoms with Gasteiger partial charge in [-0.25, -0.2) is 22.4 Å². The minimum Gasteiger partial charge on any atom is -0.486 e. The minimum absolute atomic E-state index is 0.0245. The highest BCUT2D eigenvalue weighted by Gasteiger charge is 2.51. The molecule has 5 amide bonds. The molecule has 11 rings (SSSR count). The average molecular weight is 1040 g/mol. The summed E-state index contributed by atoms with van der Waals surface area (Å²) in [5.41, 5.74) is 6.64. The molecule has 3 saturated heterocycles. The first-order chi connectivity index (χ1) is 36.1. The highest BCUT2D eigenvalue weighted by Crippen LogP contribution is 2.56. The number of carbonyl (C=O) groups excluding carboxylic acids is 4. The van der Waals surface area contributed by atoms with E-state index in [2.05, 4.69) is 20.6 Å². The zero-order valence-electron chi connectivity index (χ0n) is 42.4. The Labute approximate surface area is 432 Å². The van der Waals surface area contributed by atoms with Gasteiger partial charge in [-0.05, 0) is 106 Å². The number of nitrogens with two attached hydrogens (primary N) is 1. The lowest BCUT2D eigenvalue weighted by Gasteiger charge is -2.40. The number of aryl methyl sites for hydroxylation is 1. The number of halogens is 4. The smallest absolute Gasteiger partial charge is 0.329 e. The van der Waals surface area contributed by atoms with Crippen LogP contribution in [0, 0.1) is 36.2 Å². The third kappa shape index (κ3) is 9.02. The van der Waals surface area contributed by atoms with Gasteiger partial charge in [0.05, 0.1) is 5.39 Å². The molecule has 3 aromatic carbocycles. The number of urea groups is 1. The van der Waals surface area contributed by atoms with Gasteiger partial charge < -0.3 is 35.1 Å². The maximum Gasteiger partial charge on any atom is 0.329 e. The Morgan fingerprint density at radius 2 is 1.64 bits per heavy atom. The van der Waals surface area contributed by atoms with Crippen molar-refractivity contribution < 1.29 is 51.0 Å². The second kappa shape index (κ2) is 20.1. The van der Waals surface area contributed by atoms with E-state index in [9.17, 15) is 19.2 Å². The van der Waals surface area contributed by atoms with Crippen molar-refractivity contribution in [2.75, 3.05) is 50.7 Å². The molecule has 0 bridgehead atoms. The lowest BCUT2D eigenvalue weighted by molar-refractivity contribution is -0.138. The van der Waals surface area contributed by atoms with E-state index in [0.717, 1.165) is 50.6 Å². The summed E-state index contributed by atoms with van der Waals surface area (Å²) in [5, 5.41) is 10.6. The number of hydrogen-bond donors (Lipinski definition) is 3. The van der Waals surface area contributed by atoms with E-state index in [4.69, 9.17) is 19.9 Å². The molecule has 0 radical (unpaired) electrons. The molecule has 2 aliphatic carbocycles. The summed E-state index contributed by atoms with van der Waals surface area (Å²) >= 11 is 0. The van der Waals surface area contributed by atoms with Gasteiger partial charge in [0.15, 0.2) is 34.9 Å². The number of hydrogen-bond acceptors (Lipinski definition) is 10. The molecule has 1 aromatic heterocycles. The fraction of sp³-hybridized carbons (Fsp3) is 0.482. The van der Waals surface area contributed by atoms with E-state index >= 15 is 17.6 Å². The Kier molecular flexibility index (Phi) is 13.5. The second-order valence-electron chi connectivity index (χ2n) is 21.4. The van der Waals surface area contributed by atoms with Gasteiger partial charge >= 0.3 is 6.03 Å². The molecule has 0 spiro atoms. The van der Waals surface area contributed by atoms with Crippen molar-refractivity contribution in [3.8, 4) is 5.75 Å². The van der Waals surface area contributed by atoms with Crippen molar-refractivity contribution in [3.05, 3.63) is 117 Å². The van der Waals surface area contributed by atoms with Crippen molar-refractivity contribution >= 4 is 46.0 Å². The van der Waals surface area contributed by atoms with Gasteiger partial charge in [0.25, 0.3) is 0 Å². The van der Waals surface area contributed by atoms with Gasteiger partial charge in [0.2, 0.25) is 17.7 Å². The Balaban J connectivity index is 0.693. The van der Waals surface area contributed by atoms with Gasteiger partial charge in [-0.1, -0.05) is 37.3 Å². The van der Waals surface area contributed by atoms with Crippen LogP contribution < -0.4 is 26.0 Å². The maximum atomic E-state index is 16.7. The summed E-state index contributed by atoms with van der Waals surface area (Å²) in [7, 11) is 1.56. The number of benzene rings is 3. The van der Waals surface area contributed by atoms with Gasteiger partial charge in [-0.15, -0.1) is 0 Å². The number of anilines is 1. The van der Waals surface area contributed by atoms with E-state index < -0.39 is 58.7 Å². The molecular formula is C56H62F4N8O7. The van der Waals surface area contributed by atoms with Crippen molar-refractivity contribution in [1.82, 2.24) is 30.2 Å². The number of carbonyl (C=O) groups is 4. The second-order valence-corrected chi connectivity index (χ2v) is 21.4. The molecule has 4 N–H and O–H groups in total. The molecule has 3 atom stereocenters. The molecule has 4 fully saturated rings. The predicted molar refractivity (Wildman–Crippen MR) is 270 cm³/mol. The molecule has 1 saturated carbocycles. The molecule has 6 heterocycles. The van der Waals surface area contributed by atoms with E-state index in [1.165, 1.54) is 34.2 Å². The number of nitrogens with zero attached hydrogens (tertiary/aromatic N) is 5. The number of rotatable bonds is 11. The molecule has 4 aromatic rings. The SMILES string of the molecule is Cc1c(F)cc2c(c1C1=C(C(N)=O)C[C@@H]3OC=COC3=C1F)[C@H](C)[C@@](CNC1CCC(C(=O)N3CCC(CN4CCC(c5c(F)cc6c(N7CCC(=O)NC7=O)nn(C)c6c5F)CC4)CC3)CC1)(c1ccccc1)O2. The largest absolute Gasteiger partial charge is 0.486 e. The number of piperidine rings is 2. The molecular weight excluding hydrogens is 973 g/mol. The highest BCUT2D eigenvalue weighted by molar-refractivity contribution is 6.09. The number of imide groups is 1. The van der Waals surface area contributed by atoms with Crippen molar-refractivity contribution in [1.29, 1.82) is 0 Å². The standard InChI is InChI=1S/C56H62F4N8O7/c1-30-39(57)27-41-45(44(30)47-37(52(61)70)26-42-51(49(47)60)74-24-23-73-42)31(2)56(75-41,35-7-5-4-6-8-35)29-62-36-11-9-34(10-12-36)54(71)67-20-13-32(14-21-67)28-66-18-15-33(16-19-66)46-40(58)25-38-50(48(46)59)65(3)64-53(38)68-22-17-43(69)63-55(68)72/h4-8,23-25,27,31-34,36,42,62H,9-22,26,28-29H2,1-3H3,(H2,61,70)(H,63,69,72)/t31-,34?,36?,42-,56-/m0/s1. The maximum absolute atomic E-state index is 16.7. The summed E-state index contributed by atoms with van der Waals surface area (Å²) < 4.78 is 84.2. The third-order valence-corrected chi connectivity index (χ3v) is 17.2. The van der Waals surface area contributed by atoms with Crippen LogP contribution in [0.3, 0.4) is 0 Å². The van der Waals surface area contributed by atoms with E-state index in [1.54, 1.807) is 14.0 Å². The summed E-state index contributed by atoms with van der Waals surface area (Å²) in [6.45, 7) is 7.56. The number of likely N-dealkylation sites (tertiary alicyclic amines) is 2. The summed E-state index contributed by atoms with van der Waals surface area (Å²) in [6.07, 6.45) is 7.54. The lowest BCUT2D eigenvalue weighted by atomic mass is 9.75. The fourth-order valence-corrected chi connectivity index (χ4v) is 13.0. The summed E-state index contributed by atoms with van der Waals surface area (Å²) in [6, 6.07) is 11.7. The quantitative estimate of drug-likeness (QED) is 0.125. The first kappa shape index (κ1) is 50.4. The van der Waals surface area contributed by atoms with Gasteiger partial charge in [-0.3, -0.25) is 29.3 Å². The zero-order chi connectivity index (χ0) is 52.4. The molecule has 396 valence electrons. The minimum atomic E-state index is -1.05. The number of primary amides is 1. The predicted octanol–water partition coefficient (Wildman–Crippen LogP) is 8.11. The lowest BCUT2D eigenvalue weighted by Crippen LogP contribution is -2.49. The Bertz CT molecular complexity index is 3060. The first-order valence-electron chi connectivity index (χ1n) is 26.3. The Morgan fingerprint density at radius 1 is 0.907 bits per heavy atom. The van der Waals surface area contributed by atoms with Crippen LogP contribution in [0.2, 0.25) is 0 Å². The third-order valence-electron chi connectivity index (χ3n) is 17.2. The van der Waals surface area contributed by atoms with Gasteiger partial charge in [0.1, 0.15) is 35.4 Å². The van der Waals surface area contributed by atoms with Gasteiger partial charge in [-0.2, -0.15) is 5.10 Å². The topological polar surface area (TPSA) is 174 Å². The first-order valence-corrected chi connectivity index (χ1v) is 26.3. The number of aromatic nitrogens is 2. The van der Waals surface area contributed by atoms with Crippen molar-refractivity contribution in [2.45, 2.75) is 108 Å². The highest BCUT2D eigenvalue weighted by atomic mass is 19.1. The molecule has 7 aliphatic rings. The zero-order valence-corrected chi connectivity index (χ0v) is 42.4. The fourth-order valence-electron chi connectivity index (χ4n) is 13.0. The monoisotopic (exact) mass is 1030 g/mol. The molecule has 75 heavy (non-hydrogen) atoms. The molecule has 5 aliphatic heterocycles.